The lowest BCUT2D eigenvalue weighted by Gasteiger charge is -2.42. The fraction of sp³-hybridized carbons (Fsp3) is 0.562. The Morgan fingerprint density at radius 2 is 2.09 bits per heavy atom. The van der Waals surface area contributed by atoms with Crippen LogP contribution in [0.1, 0.15) is 19.4 Å². The minimum Gasteiger partial charge on any atom is -0.389 e. The zero-order valence-corrected chi connectivity index (χ0v) is 13.8. The molecule has 0 bridgehead atoms. The Hall–Kier alpha value is -1.14. The molecule has 1 saturated heterocycles. The van der Waals surface area contributed by atoms with Crippen LogP contribution in [0.3, 0.4) is 0 Å². The first-order chi connectivity index (χ1) is 10.4. The number of carbonyl (C=O) groups is 1. The van der Waals surface area contributed by atoms with Gasteiger partial charge >= 0.3 is 0 Å². The van der Waals surface area contributed by atoms with Crippen LogP contribution < -0.4 is 5.32 Å². The SMILES string of the molecule is CC1(C)C(=O)NCCN1CC(O)COCc1ccc(Cl)cc1. The van der Waals surface area contributed by atoms with Crippen LogP contribution in [0.5, 0.6) is 0 Å². The van der Waals surface area contributed by atoms with Crippen LogP contribution >= 0.6 is 11.6 Å². The lowest BCUT2D eigenvalue weighted by atomic mass is 9.98. The van der Waals surface area contributed by atoms with Crippen LogP contribution in [-0.4, -0.2) is 53.8 Å². The van der Waals surface area contributed by atoms with Crippen molar-refractivity contribution in [3.05, 3.63) is 34.9 Å². The van der Waals surface area contributed by atoms with Crippen molar-refractivity contribution in [3.8, 4) is 0 Å². The summed E-state index contributed by atoms with van der Waals surface area (Å²) in [6.45, 7) is 6.15. The Morgan fingerprint density at radius 3 is 2.77 bits per heavy atom. The summed E-state index contributed by atoms with van der Waals surface area (Å²) >= 11 is 5.82. The van der Waals surface area contributed by atoms with Crippen molar-refractivity contribution in [1.82, 2.24) is 10.2 Å². The largest absolute Gasteiger partial charge is 0.389 e. The van der Waals surface area contributed by atoms with Crippen molar-refractivity contribution in [3.63, 3.8) is 0 Å². The van der Waals surface area contributed by atoms with Crippen molar-refractivity contribution in [2.75, 3.05) is 26.2 Å². The van der Waals surface area contributed by atoms with Gasteiger partial charge in [0.1, 0.15) is 0 Å². The van der Waals surface area contributed by atoms with Crippen LogP contribution in [0.15, 0.2) is 24.3 Å². The molecular weight excluding hydrogens is 304 g/mol. The Kier molecular flexibility index (Phi) is 5.81. The number of ether oxygens (including phenoxy) is 1. The summed E-state index contributed by atoms with van der Waals surface area (Å²) in [6.07, 6.45) is -0.627. The van der Waals surface area contributed by atoms with E-state index in [1.807, 2.05) is 43.0 Å². The topological polar surface area (TPSA) is 61.8 Å². The molecule has 2 rings (SSSR count). The zero-order chi connectivity index (χ0) is 16.2. The fourth-order valence-electron chi connectivity index (χ4n) is 2.46. The number of amides is 1. The summed E-state index contributed by atoms with van der Waals surface area (Å²) in [7, 11) is 0. The molecule has 1 atom stereocenters. The van der Waals surface area contributed by atoms with Crippen molar-refractivity contribution in [1.29, 1.82) is 0 Å². The van der Waals surface area contributed by atoms with Crippen molar-refractivity contribution < 1.29 is 14.6 Å². The summed E-state index contributed by atoms with van der Waals surface area (Å²) in [5.74, 6) is -0.00645. The summed E-state index contributed by atoms with van der Waals surface area (Å²) in [4.78, 5) is 13.8. The second-order valence-corrected chi connectivity index (χ2v) is 6.49. The monoisotopic (exact) mass is 326 g/mol. The molecule has 0 radical (unpaired) electrons. The summed E-state index contributed by atoms with van der Waals surface area (Å²) < 4.78 is 5.54. The number of hydrogen-bond donors (Lipinski definition) is 2. The van der Waals surface area contributed by atoms with E-state index in [-0.39, 0.29) is 12.5 Å². The minimum absolute atomic E-state index is 0.00645. The standard InChI is InChI=1S/C16H23ClN2O3/c1-16(2)15(21)18-7-8-19(16)9-14(20)11-22-10-12-3-5-13(17)6-4-12/h3-6,14,20H,7-11H2,1-2H3,(H,18,21). The van der Waals surface area contributed by atoms with Gasteiger partial charge < -0.3 is 15.2 Å². The van der Waals surface area contributed by atoms with Gasteiger partial charge in [-0.15, -0.1) is 0 Å². The quantitative estimate of drug-likeness (QED) is 0.830. The maximum absolute atomic E-state index is 11.9. The van der Waals surface area contributed by atoms with Crippen LogP contribution in [0.2, 0.25) is 5.02 Å². The van der Waals surface area contributed by atoms with Crippen molar-refractivity contribution >= 4 is 17.5 Å². The zero-order valence-electron chi connectivity index (χ0n) is 13.0. The first kappa shape index (κ1) is 17.2. The van der Waals surface area contributed by atoms with Gasteiger partial charge in [0.25, 0.3) is 0 Å². The molecule has 0 spiro atoms. The lowest BCUT2D eigenvalue weighted by molar-refractivity contribution is -0.136. The second-order valence-electron chi connectivity index (χ2n) is 6.06. The normalized spacial score (nSPS) is 19.7. The number of hydrogen-bond acceptors (Lipinski definition) is 4. The van der Waals surface area contributed by atoms with Gasteiger partial charge in [-0.2, -0.15) is 0 Å². The molecule has 1 aliphatic rings. The van der Waals surface area contributed by atoms with E-state index in [0.29, 0.717) is 24.7 Å². The summed E-state index contributed by atoms with van der Waals surface area (Å²) in [6, 6.07) is 7.41. The van der Waals surface area contributed by atoms with Crippen LogP contribution in [0, 0.1) is 0 Å². The number of rotatable bonds is 6. The van der Waals surface area contributed by atoms with Gasteiger partial charge in [0.2, 0.25) is 5.91 Å². The van der Waals surface area contributed by atoms with E-state index in [1.54, 1.807) is 0 Å². The Morgan fingerprint density at radius 1 is 1.41 bits per heavy atom. The van der Waals surface area contributed by atoms with E-state index in [9.17, 15) is 9.90 Å². The van der Waals surface area contributed by atoms with Crippen LogP contribution in [0.4, 0.5) is 0 Å². The highest BCUT2D eigenvalue weighted by molar-refractivity contribution is 6.30. The molecule has 0 saturated carbocycles. The molecule has 5 nitrogen and oxygen atoms in total. The number of aliphatic hydroxyl groups excluding tert-OH is 1. The summed E-state index contributed by atoms with van der Waals surface area (Å²) in [5.41, 5.74) is 0.407. The molecule has 1 amide bonds. The number of carbonyl (C=O) groups excluding carboxylic acids is 1. The molecule has 1 aromatic carbocycles. The number of β-amino-alcohol motifs (C(OH)–C–C–N with tert-alkyl or cyclic N) is 1. The van der Waals surface area contributed by atoms with Gasteiger partial charge in [-0.05, 0) is 31.5 Å². The van der Waals surface area contributed by atoms with Crippen molar-refractivity contribution in [2.24, 2.45) is 0 Å². The molecule has 1 aromatic rings. The van der Waals surface area contributed by atoms with Crippen LogP contribution in [-0.2, 0) is 16.1 Å². The highest BCUT2D eigenvalue weighted by atomic mass is 35.5. The highest BCUT2D eigenvalue weighted by Gasteiger charge is 2.38. The predicted octanol–water partition coefficient (Wildman–Crippen LogP) is 1.43. The average Bonchev–Trinajstić information content (AvgIpc) is 2.46. The Labute approximate surface area is 136 Å². The first-order valence-electron chi connectivity index (χ1n) is 7.43. The molecule has 22 heavy (non-hydrogen) atoms. The molecule has 1 unspecified atom stereocenters. The number of aliphatic hydroxyl groups is 1. The smallest absolute Gasteiger partial charge is 0.240 e. The molecular formula is C16H23ClN2O3. The molecule has 6 heteroatoms. The maximum Gasteiger partial charge on any atom is 0.240 e. The number of nitrogens with one attached hydrogen (secondary N) is 1. The molecule has 0 aliphatic carbocycles. The van der Waals surface area contributed by atoms with E-state index in [2.05, 4.69) is 5.32 Å². The molecule has 1 fully saturated rings. The molecule has 0 aromatic heterocycles. The van der Waals surface area contributed by atoms with E-state index in [4.69, 9.17) is 16.3 Å². The average molecular weight is 327 g/mol. The summed E-state index contributed by atoms with van der Waals surface area (Å²) in [5, 5.41) is 13.7. The van der Waals surface area contributed by atoms with Gasteiger partial charge in [0, 0.05) is 24.7 Å². The molecule has 1 aliphatic heterocycles. The third-order valence-electron chi connectivity index (χ3n) is 3.94. The number of nitrogens with zero attached hydrogens (tertiary/aromatic N) is 1. The van der Waals surface area contributed by atoms with Crippen LogP contribution in [0.25, 0.3) is 0 Å². The molecule has 1 heterocycles. The van der Waals surface area contributed by atoms with E-state index in [1.165, 1.54) is 0 Å². The van der Waals surface area contributed by atoms with Gasteiger partial charge in [-0.25, -0.2) is 0 Å². The highest BCUT2D eigenvalue weighted by Crippen LogP contribution is 2.18. The van der Waals surface area contributed by atoms with Gasteiger partial charge in [0.05, 0.1) is 24.9 Å². The minimum atomic E-state index is -0.627. The second kappa shape index (κ2) is 7.42. The maximum atomic E-state index is 11.9. The van der Waals surface area contributed by atoms with E-state index >= 15 is 0 Å². The van der Waals surface area contributed by atoms with Gasteiger partial charge in [-0.1, -0.05) is 23.7 Å². The molecule has 122 valence electrons. The Balaban J connectivity index is 1.76. The number of halogens is 1. The Bertz CT molecular complexity index is 505. The van der Waals surface area contributed by atoms with E-state index < -0.39 is 11.6 Å². The number of piperazine rings is 1. The third kappa shape index (κ3) is 4.43. The fourth-order valence-corrected chi connectivity index (χ4v) is 2.59. The van der Waals surface area contributed by atoms with E-state index in [0.717, 1.165) is 12.1 Å². The van der Waals surface area contributed by atoms with Gasteiger partial charge in [-0.3, -0.25) is 9.69 Å². The third-order valence-corrected chi connectivity index (χ3v) is 4.19. The molecule has 2 N–H and O–H groups in total. The first-order valence-corrected chi connectivity index (χ1v) is 7.81. The predicted molar refractivity (Wildman–Crippen MR) is 85.8 cm³/mol. The number of benzene rings is 1. The van der Waals surface area contributed by atoms with Gasteiger partial charge in [0.15, 0.2) is 0 Å². The lowest BCUT2D eigenvalue weighted by Crippen LogP contribution is -2.63. The van der Waals surface area contributed by atoms with Crippen molar-refractivity contribution in [2.45, 2.75) is 32.1 Å².